The molecular formula is C24H33Cl2N3OS. The Morgan fingerprint density at radius 2 is 1.81 bits per heavy atom. The molecule has 0 saturated carbocycles. The third-order valence-corrected chi connectivity index (χ3v) is 7.11. The highest BCUT2D eigenvalue weighted by Gasteiger charge is 2.31. The monoisotopic (exact) mass is 481 g/mol. The zero-order valence-corrected chi connectivity index (χ0v) is 20.4. The SMILES string of the molecule is Cl.Cl.O=C(c1ccc(SCCCc2cccnc2)cc1)N1CCC[C@H]1CN1CCCC1. The molecule has 1 atom stereocenters. The first-order valence-electron chi connectivity index (χ1n) is 10.9. The van der Waals surface area contributed by atoms with Gasteiger partial charge in [-0.15, -0.1) is 36.6 Å². The van der Waals surface area contributed by atoms with Crippen molar-refractivity contribution in [2.75, 3.05) is 31.9 Å². The minimum Gasteiger partial charge on any atom is -0.334 e. The van der Waals surface area contributed by atoms with E-state index in [0.29, 0.717) is 6.04 Å². The van der Waals surface area contributed by atoms with Crippen LogP contribution in [0.2, 0.25) is 0 Å². The molecule has 2 aliphatic rings. The van der Waals surface area contributed by atoms with Gasteiger partial charge >= 0.3 is 0 Å². The molecule has 2 saturated heterocycles. The summed E-state index contributed by atoms with van der Waals surface area (Å²) in [7, 11) is 0. The highest BCUT2D eigenvalue weighted by Crippen LogP contribution is 2.24. The molecule has 170 valence electrons. The van der Waals surface area contributed by atoms with E-state index in [0.717, 1.165) is 50.1 Å². The minimum atomic E-state index is 0. The van der Waals surface area contributed by atoms with E-state index in [1.807, 2.05) is 42.4 Å². The summed E-state index contributed by atoms with van der Waals surface area (Å²) >= 11 is 1.86. The molecule has 0 unspecified atom stereocenters. The van der Waals surface area contributed by atoms with E-state index in [2.05, 4.69) is 33.0 Å². The van der Waals surface area contributed by atoms with Crippen LogP contribution in [0.25, 0.3) is 0 Å². The summed E-state index contributed by atoms with van der Waals surface area (Å²) in [6.45, 7) is 4.36. The summed E-state index contributed by atoms with van der Waals surface area (Å²) in [5.41, 5.74) is 2.13. The molecule has 2 aromatic rings. The van der Waals surface area contributed by atoms with E-state index in [9.17, 15) is 4.79 Å². The Bertz CT molecular complexity index is 785. The lowest BCUT2D eigenvalue weighted by molar-refractivity contribution is 0.0708. The molecule has 3 heterocycles. The average molecular weight is 483 g/mol. The van der Waals surface area contributed by atoms with E-state index in [1.54, 1.807) is 0 Å². The van der Waals surface area contributed by atoms with Gasteiger partial charge in [-0.05, 0) is 93.3 Å². The summed E-state index contributed by atoms with van der Waals surface area (Å²) < 4.78 is 0. The van der Waals surface area contributed by atoms with Gasteiger partial charge in [0.1, 0.15) is 0 Å². The van der Waals surface area contributed by atoms with Crippen LogP contribution in [0.15, 0.2) is 53.7 Å². The van der Waals surface area contributed by atoms with Crippen molar-refractivity contribution in [1.29, 1.82) is 0 Å². The standard InChI is InChI=1S/C24H31N3OS.2ClH/c28-24(27-16-4-8-22(27)19-26-14-1-2-15-26)21-9-11-23(12-10-21)29-17-5-7-20-6-3-13-25-18-20;;/h3,6,9-13,18,22H,1-2,4-5,7-8,14-17,19H2;2*1H/t22-;;/m0../s1. The summed E-state index contributed by atoms with van der Waals surface area (Å²) in [5, 5.41) is 0. The second-order valence-corrected chi connectivity index (χ2v) is 9.31. The number of hydrogen-bond donors (Lipinski definition) is 0. The van der Waals surface area contributed by atoms with Gasteiger partial charge in [-0.2, -0.15) is 0 Å². The molecule has 1 aromatic heterocycles. The highest BCUT2D eigenvalue weighted by molar-refractivity contribution is 7.99. The number of thioether (sulfide) groups is 1. The zero-order valence-electron chi connectivity index (χ0n) is 17.9. The molecule has 31 heavy (non-hydrogen) atoms. The molecule has 7 heteroatoms. The molecule has 0 N–H and O–H groups in total. The number of aromatic nitrogens is 1. The van der Waals surface area contributed by atoms with Gasteiger partial charge in [0.15, 0.2) is 0 Å². The fourth-order valence-electron chi connectivity index (χ4n) is 4.43. The normalized spacial score (nSPS) is 18.5. The van der Waals surface area contributed by atoms with E-state index in [1.165, 1.54) is 36.4 Å². The van der Waals surface area contributed by atoms with Crippen molar-refractivity contribution < 1.29 is 4.79 Å². The number of halogens is 2. The fraction of sp³-hybridized carbons (Fsp3) is 0.500. The molecular weight excluding hydrogens is 449 g/mol. The smallest absolute Gasteiger partial charge is 0.254 e. The lowest BCUT2D eigenvalue weighted by atomic mass is 10.1. The van der Waals surface area contributed by atoms with Crippen molar-refractivity contribution in [3.63, 3.8) is 0 Å². The number of hydrogen-bond acceptors (Lipinski definition) is 4. The third-order valence-electron chi connectivity index (χ3n) is 6.01. The Kier molecular flexibility index (Phi) is 11.2. The van der Waals surface area contributed by atoms with Gasteiger partial charge in [0.05, 0.1) is 0 Å². The van der Waals surface area contributed by atoms with Gasteiger partial charge < -0.3 is 9.80 Å². The maximum Gasteiger partial charge on any atom is 0.254 e. The summed E-state index contributed by atoms with van der Waals surface area (Å²) in [5.74, 6) is 1.28. The number of carbonyl (C=O) groups excluding carboxylic acids is 1. The van der Waals surface area contributed by atoms with Crippen molar-refractivity contribution in [3.05, 3.63) is 59.9 Å². The third kappa shape index (κ3) is 7.38. The van der Waals surface area contributed by atoms with Crippen LogP contribution in [-0.2, 0) is 6.42 Å². The molecule has 2 fully saturated rings. The molecule has 0 radical (unpaired) electrons. The second-order valence-electron chi connectivity index (χ2n) is 8.14. The van der Waals surface area contributed by atoms with Gasteiger partial charge in [-0.1, -0.05) is 6.07 Å². The molecule has 1 amide bonds. The van der Waals surface area contributed by atoms with Crippen molar-refractivity contribution in [2.45, 2.75) is 49.5 Å². The number of likely N-dealkylation sites (tertiary alicyclic amines) is 2. The average Bonchev–Trinajstić information content (AvgIpc) is 3.44. The van der Waals surface area contributed by atoms with Crippen molar-refractivity contribution >= 4 is 42.5 Å². The highest BCUT2D eigenvalue weighted by atomic mass is 35.5. The Morgan fingerprint density at radius 1 is 1.03 bits per heavy atom. The van der Waals surface area contributed by atoms with Crippen molar-refractivity contribution in [2.24, 2.45) is 0 Å². The summed E-state index contributed by atoms with van der Waals surface area (Å²) in [4.78, 5) is 23.1. The van der Waals surface area contributed by atoms with Gasteiger partial charge in [0.2, 0.25) is 0 Å². The molecule has 2 aliphatic heterocycles. The Hall–Kier alpha value is -1.27. The van der Waals surface area contributed by atoms with Crippen molar-refractivity contribution in [3.8, 4) is 0 Å². The number of benzene rings is 1. The van der Waals surface area contributed by atoms with Crippen molar-refractivity contribution in [1.82, 2.24) is 14.8 Å². The first-order chi connectivity index (χ1) is 14.3. The predicted molar refractivity (Wildman–Crippen MR) is 134 cm³/mol. The molecule has 0 aliphatic carbocycles. The molecule has 4 rings (SSSR count). The van der Waals surface area contributed by atoms with Crippen LogP contribution in [0.3, 0.4) is 0 Å². The maximum atomic E-state index is 13.1. The quantitative estimate of drug-likeness (QED) is 0.376. The first kappa shape index (κ1) is 26.0. The summed E-state index contributed by atoms with van der Waals surface area (Å²) in [6, 6.07) is 12.7. The lowest BCUT2D eigenvalue weighted by Crippen LogP contribution is -2.42. The lowest BCUT2D eigenvalue weighted by Gasteiger charge is -2.28. The van der Waals surface area contributed by atoms with E-state index in [-0.39, 0.29) is 30.7 Å². The van der Waals surface area contributed by atoms with Gasteiger partial charge in [0, 0.05) is 42.0 Å². The van der Waals surface area contributed by atoms with Gasteiger partial charge in [-0.25, -0.2) is 0 Å². The summed E-state index contributed by atoms with van der Waals surface area (Å²) in [6.07, 6.45) is 10.8. The second kappa shape index (κ2) is 13.3. The van der Waals surface area contributed by atoms with Crippen LogP contribution in [0, 0.1) is 0 Å². The zero-order chi connectivity index (χ0) is 19.9. The van der Waals surface area contributed by atoms with Crippen LogP contribution in [0.5, 0.6) is 0 Å². The topological polar surface area (TPSA) is 36.4 Å². The van der Waals surface area contributed by atoms with Gasteiger partial charge in [0.25, 0.3) is 5.91 Å². The predicted octanol–water partition coefficient (Wildman–Crippen LogP) is 5.35. The number of carbonyl (C=O) groups is 1. The van der Waals surface area contributed by atoms with E-state index in [4.69, 9.17) is 0 Å². The fourth-order valence-corrected chi connectivity index (χ4v) is 5.28. The molecule has 0 spiro atoms. The Balaban J connectivity index is 0.00000171. The van der Waals surface area contributed by atoms with E-state index >= 15 is 0 Å². The molecule has 4 nitrogen and oxygen atoms in total. The van der Waals surface area contributed by atoms with Crippen LogP contribution in [0.1, 0.15) is 48.0 Å². The first-order valence-corrected chi connectivity index (χ1v) is 11.9. The van der Waals surface area contributed by atoms with E-state index < -0.39 is 0 Å². The minimum absolute atomic E-state index is 0. The van der Waals surface area contributed by atoms with Gasteiger partial charge in [-0.3, -0.25) is 9.78 Å². The van der Waals surface area contributed by atoms with Crippen LogP contribution in [-0.4, -0.2) is 58.7 Å². The Labute approximate surface area is 203 Å². The van der Waals surface area contributed by atoms with Crippen LogP contribution < -0.4 is 0 Å². The number of nitrogens with zero attached hydrogens (tertiary/aromatic N) is 3. The Morgan fingerprint density at radius 3 is 2.52 bits per heavy atom. The number of rotatable bonds is 8. The number of pyridine rings is 1. The van der Waals surface area contributed by atoms with Crippen LogP contribution in [0.4, 0.5) is 0 Å². The number of amides is 1. The van der Waals surface area contributed by atoms with Crippen LogP contribution >= 0.6 is 36.6 Å². The number of aryl methyl sites for hydroxylation is 1. The maximum absolute atomic E-state index is 13.1. The molecule has 1 aromatic carbocycles. The largest absolute Gasteiger partial charge is 0.334 e. The molecule has 0 bridgehead atoms.